The summed E-state index contributed by atoms with van der Waals surface area (Å²) in [6.45, 7) is 0.682. The lowest BCUT2D eigenvalue weighted by Crippen LogP contribution is -2.16. The molecule has 0 unspecified atom stereocenters. The van der Waals surface area contributed by atoms with E-state index in [1.807, 2.05) is 49.5 Å². The normalized spacial score (nSPS) is 10.5. The fourth-order valence-electron chi connectivity index (χ4n) is 2.28. The molecule has 0 spiro atoms. The molecule has 0 amide bonds. The Balaban J connectivity index is 1.72. The zero-order valence-electron chi connectivity index (χ0n) is 12.6. The molecule has 3 aromatic rings. The number of thiazole rings is 1. The third kappa shape index (κ3) is 3.57. The van der Waals surface area contributed by atoms with E-state index in [4.69, 9.17) is 5.11 Å². The van der Waals surface area contributed by atoms with E-state index in [9.17, 15) is 4.79 Å². The Bertz CT molecular complexity index is 797. The lowest BCUT2D eigenvalue weighted by Gasteiger charge is -2.15. The summed E-state index contributed by atoms with van der Waals surface area (Å²) in [5.74, 6) is -0.905. The van der Waals surface area contributed by atoms with Crippen LogP contribution in [0, 0.1) is 0 Å². The van der Waals surface area contributed by atoms with Gasteiger partial charge in [0.25, 0.3) is 0 Å². The maximum atomic E-state index is 10.9. The molecule has 1 aromatic heterocycles. The molecule has 0 atom stereocenters. The average molecular weight is 324 g/mol. The van der Waals surface area contributed by atoms with Crippen LogP contribution in [0.1, 0.15) is 15.9 Å². The highest BCUT2D eigenvalue weighted by atomic mass is 32.1. The minimum Gasteiger partial charge on any atom is -0.478 e. The number of aromatic carboxylic acids is 1. The molecule has 23 heavy (non-hydrogen) atoms. The van der Waals surface area contributed by atoms with Crippen molar-refractivity contribution < 1.29 is 9.90 Å². The molecule has 1 heterocycles. The van der Waals surface area contributed by atoms with Gasteiger partial charge in [0.15, 0.2) is 5.13 Å². The molecule has 0 bridgehead atoms. The van der Waals surface area contributed by atoms with Crippen molar-refractivity contribution in [3.8, 4) is 11.3 Å². The topological polar surface area (TPSA) is 53.4 Å². The van der Waals surface area contributed by atoms with E-state index in [1.54, 1.807) is 23.5 Å². The first kappa shape index (κ1) is 15.2. The third-order valence-electron chi connectivity index (χ3n) is 3.51. The van der Waals surface area contributed by atoms with Crippen molar-refractivity contribution in [1.29, 1.82) is 0 Å². The molecular weight excluding hydrogens is 308 g/mol. The highest BCUT2D eigenvalue weighted by Crippen LogP contribution is 2.27. The van der Waals surface area contributed by atoms with Crippen LogP contribution in [-0.4, -0.2) is 23.1 Å². The van der Waals surface area contributed by atoms with Crippen LogP contribution >= 0.6 is 11.3 Å². The molecule has 0 aliphatic rings. The van der Waals surface area contributed by atoms with Crippen LogP contribution in [0.2, 0.25) is 0 Å². The van der Waals surface area contributed by atoms with Crippen molar-refractivity contribution in [2.75, 3.05) is 11.9 Å². The number of aromatic nitrogens is 1. The van der Waals surface area contributed by atoms with Gasteiger partial charge in [-0.05, 0) is 17.7 Å². The smallest absolute Gasteiger partial charge is 0.335 e. The summed E-state index contributed by atoms with van der Waals surface area (Å²) in [6.07, 6.45) is 0. The molecule has 1 N–H and O–H groups in total. The highest BCUT2D eigenvalue weighted by Gasteiger charge is 2.09. The molecular formula is C18H16N2O2S. The van der Waals surface area contributed by atoms with Crippen molar-refractivity contribution >= 4 is 22.4 Å². The number of carboxylic acids is 1. The lowest BCUT2D eigenvalue weighted by molar-refractivity contribution is 0.0697. The number of benzene rings is 2. The van der Waals surface area contributed by atoms with Crippen molar-refractivity contribution in [2.24, 2.45) is 0 Å². The van der Waals surface area contributed by atoms with Gasteiger partial charge in [0.2, 0.25) is 0 Å². The van der Waals surface area contributed by atoms with Crippen LogP contribution in [0.15, 0.2) is 60.0 Å². The number of carboxylic acid groups (broad SMARTS) is 1. The Hall–Kier alpha value is -2.66. The van der Waals surface area contributed by atoms with Crippen LogP contribution in [-0.2, 0) is 6.54 Å². The Morgan fingerprint density at radius 3 is 2.48 bits per heavy atom. The number of carbonyl (C=O) groups is 1. The SMILES string of the molecule is CN(Cc1ccc(C(=O)O)cc1)c1nc(-c2ccccc2)cs1. The van der Waals surface area contributed by atoms with Gasteiger partial charge in [0.1, 0.15) is 0 Å². The van der Waals surface area contributed by atoms with Crippen LogP contribution in [0.25, 0.3) is 11.3 Å². The second-order valence-electron chi connectivity index (χ2n) is 5.24. The first-order valence-corrected chi connectivity index (χ1v) is 8.06. The molecule has 2 aromatic carbocycles. The summed E-state index contributed by atoms with van der Waals surface area (Å²) >= 11 is 1.60. The molecule has 5 heteroatoms. The summed E-state index contributed by atoms with van der Waals surface area (Å²) in [6, 6.07) is 17.0. The number of anilines is 1. The average Bonchev–Trinajstić information content (AvgIpc) is 3.06. The van der Waals surface area contributed by atoms with Crippen molar-refractivity contribution in [3.63, 3.8) is 0 Å². The number of nitrogens with zero attached hydrogens (tertiary/aromatic N) is 2. The van der Waals surface area contributed by atoms with Gasteiger partial charge >= 0.3 is 5.97 Å². The molecule has 0 radical (unpaired) electrons. The fourth-order valence-corrected chi connectivity index (χ4v) is 3.08. The summed E-state index contributed by atoms with van der Waals surface area (Å²) in [5, 5.41) is 11.9. The largest absolute Gasteiger partial charge is 0.478 e. The number of hydrogen-bond acceptors (Lipinski definition) is 4. The van der Waals surface area contributed by atoms with Gasteiger partial charge in [-0.2, -0.15) is 0 Å². The summed E-state index contributed by atoms with van der Waals surface area (Å²) in [7, 11) is 1.98. The first-order valence-electron chi connectivity index (χ1n) is 7.18. The molecule has 0 fully saturated rings. The maximum Gasteiger partial charge on any atom is 0.335 e. The van der Waals surface area contributed by atoms with E-state index in [1.165, 1.54) is 0 Å². The lowest BCUT2D eigenvalue weighted by atomic mass is 10.1. The molecule has 3 rings (SSSR count). The number of rotatable bonds is 5. The standard InChI is InChI=1S/C18H16N2O2S/c1-20(11-13-7-9-15(10-8-13)17(21)22)18-19-16(12-23-18)14-5-3-2-4-6-14/h2-10,12H,11H2,1H3,(H,21,22). The first-order chi connectivity index (χ1) is 11.1. The van der Waals surface area contributed by atoms with Crippen molar-refractivity contribution in [2.45, 2.75) is 6.54 Å². The quantitative estimate of drug-likeness (QED) is 0.766. The minimum atomic E-state index is -0.905. The molecule has 4 nitrogen and oxygen atoms in total. The van der Waals surface area contributed by atoms with Gasteiger partial charge in [-0.1, -0.05) is 42.5 Å². The fraction of sp³-hybridized carbons (Fsp3) is 0.111. The Kier molecular flexibility index (Phi) is 4.39. The predicted octanol–water partition coefficient (Wildman–Crippen LogP) is 4.14. The van der Waals surface area contributed by atoms with Gasteiger partial charge in [-0.3, -0.25) is 0 Å². The molecule has 0 aliphatic heterocycles. The van der Waals surface area contributed by atoms with Gasteiger partial charge in [0, 0.05) is 24.5 Å². The Morgan fingerprint density at radius 1 is 1.13 bits per heavy atom. The summed E-state index contributed by atoms with van der Waals surface area (Å²) in [4.78, 5) is 17.6. The van der Waals surface area contributed by atoms with Crippen LogP contribution in [0.3, 0.4) is 0 Å². The van der Waals surface area contributed by atoms with Gasteiger partial charge < -0.3 is 10.0 Å². The van der Waals surface area contributed by atoms with Crippen molar-refractivity contribution in [3.05, 3.63) is 71.1 Å². The second-order valence-corrected chi connectivity index (χ2v) is 6.08. The van der Waals surface area contributed by atoms with E-state index >= 15 is 0 Å². The summed E-state index contributed by atoms with van der Waals surface area (Å²) in [5.41, 5.74) is 3.43. The monoisotopic (exact) mass is 324 g/mol. The zero-order valence-corrected chi connectivity index (χ0v) is 13.5. The van der Waals surface area contributed by atoms with Crippen LogP contribution in [0.4, 0.5) is 5.13 Å². The molecule has 0 saturated carbocycles. The van der Waals surface area contributed by atoms with E-state index in [2.05, 4.69) is 15.3 Å². The predicted molar refractivity (Wildman–Crippen MR) is 93.1 cm³/mol. The molecule has 116 valence electrons. The van der Waals surface area contributed by atoms with E-state index in [-0.39, 0.29) is 0 Å². The van der Waals surface area contributed by atoms with Gasteiger partial charge in [-0.25, -0.2) is 9.78 Å². The minimum absolute atomic E-state index is 0.303. The van der Waals surface area contributed by atoms with E-state index in [0.29, 0.717) is 12.1 Å². The Morgan fingerprint density at radius 2 is 1.83 bits per heavy atom. The summed E-state index contributed by atoms with van der Waals surface area (Å²) < 4.78 is 0. The van der Waals surface area contributed by atoms with Crippen molar-refractivity contribution in [1.82, 2.24) is 4.98 Å². The van der Waals surface area contributed by atoms with Gasteiger partial charge in [-0.15, -0.1) is 11.3 Å². The molecule has 0 saturated heterocycles. The second kappa shape index (κ2) is 6.62. The van der Waals surface area contributed by atoms with Crippen LogP contribution in [0.5, 0.6) is 0 Å². The molecule has 0 aliphatic carbocycles. The number of hydrogen-bond donors (Lipinski definition) is 1. The zero-order chi connectivity index (χ0) is 16.2. The van der Waals surface area contributed by atoms with E-state index in [0.717, 1.165) is 22.0 Å². The van der Waals surface area contributed by atoms with Gasteiger partial charge in [0.05, 0.1) is 11.3 Å². The Labute approximate surface area is 138 Å². The highest BCUT2D eigenvalue weighted by molar-refractivity contribution is 7.14. The van der Waals surface area contributed by atoms with E-state index < -0.39 is 5.97 Å². The maximum absolute atomic E-state index is 10.9. The van der Waals surface area contributed by atoms with Crippen LogP contribution < -0.4 is 4.90 Å². The third-order valence-corrected chi connectivity index (χ3v) is 4.46.